The molecule has 72 valence electrons. The van der Waals surface area contributed by atoms with Crippen LogP contribution in [0.3, 0.4) is 0 Å². The third-order valence-electron chi connectivity index (χ3n) is 3.09. The lowest BCUT2D eigenvalue weighted by Crippen LogP contribution is -2.23. The van der Waals surface area contributed by atoms with Gasteiger partial charge in [0, 0.05) is 0 Å². The number of nitrogens with two attached hydrogens (primary N) is 1. The lowest BCUT2D eigenvalue weighted by Gasteiger charge is -2.22. The van der Waals surface area contributed by atoms with Crippen LogP contribution in [0.4, 0.5) is 4.39 Å². The second-order valence-electron chi connectivity index (χ2n) is 4.52. The first kappa shape index (κ1) is 9.97. The summed E-state index contributed by atoms with van der Waals surface area (Å²) in [6.45, 7) is 4.15. The third kappa shape index (κ3) is 2.44. The van der Waals surface area contributed by atoms with Crippen molar-refractivity contribution in [1.82, 2.24) is 0 Å². The highest BCUT2D eigenvalue weighted by Crippen LogP contribution is 2.40. The van der Waals surface area contributed by atoms with Gasteiger partial charge in [-0.1, -0.05) is 6.42 Å². The number of halogens is 1. The topological polar surface area (TPSA) is 26.0 Å². The molecule has 2 unspecified atom stereocenters. The van der Waals surface area contributed by atoms with Crippen molar-refractivity contribution in [3.8, 4) is 0 Å². The molecule has 1 nitrogen and oxygen atoms in total. The molecule has 1 aliphatic carbocycles. The lowest BCUT2D eigenvalue weighted by atomic mass is 9.90. The standard InChI is InChI=1S/C10H20FN/c1-10(2,11)9-4-3-8(7-9)5-6-12/h8-9H,3-7,12H2,1-2H3. The fourth-order valence-corrected chi connectivity index (χ4v) is 2.20. The summed E-state index contributed by atoms with van der Waals surface area (Å²) in [5.41, 5.74) is 4.49. The zero-order chi connectivity index (χ0) is 9.19. The molecule has 2 atom stereocenters. The van der Waals surface area contributed by atoms with Crippen molar-refractivity contribution >= 4 is 0 Å². The van der Waals surface area contributed by atoms with E-state index in [1.54, 1.807) is 13.8 Å². The Kier molecular flexibility index (Phi) is 3.10. The van der Waals surface area contributed by atoms with Crippen LogP contribution in [0.2, 0.25) is 0 Å². The van der Waals surface area contributed by atoms with E-state index in [1.165, 1.54) is 6.42 Å². The Morgan fingerprint density at radius 3 is 2.50 bits per heavy atom. The first-order chi connectivity index (χ1) is 5.54. The SMILES string of the molecule is CC(C)(F)C1CCC(CCN)C1. The molecule has 0 radical (unpaired) electrons. The maximum Gasteiger partial charge on any atom is 0.108 e. The highest BCUT2D eigenvalue weighted by atomic mass is 19.1. The Labute approximate surface area is 74.5 Å². The van der Waals surface area contributed by atoms with Crippen LogP contribution < -0.4 is 5.73 Å². The minimum Gasteiger partial charge on any atom is -0.330 e. The van der Waals surface area contributed by atoms with E-state index < -0.39 is 5.67 Å². The van der Waals surface area contributed by atoms with Gasteiger partial charge in [-0.3, -0.25) is 0 Å². The van der Waals surface area contributed by atoms with E-state index >= 15 is 0 Å². The molecule has 1 rings (SSSR count). The Hall–Kier alpha value is -0.110. The summed E-state index contributed by atoms with van der Waals surface area (Å²) in [6.07, 6.45) is 4.34. The van der Waals surface area contributed by atoms with Crippen molar-refractivity contribution in [2.24, 2.45) is 17.6 Å². The molecule has 1 aliphatic rings. The summed E-state index contributed by atoms with van der Waals surface area (Å²) in [5.74, 6) is 0.962. The second-order valence-corrected chi connectivity index (χ2v) is 4.52. The number of hydrogen-bond donors (Lipinski definition) is 1. The molecule has 2 N–H and O–H groups in total. The largest absolute Gasteiger partial charge is 0.330 e. The molecule has 1 fully saturated rings. The average Bonchev–Trinajstić information content (AvgIpc) is 2.35. The molecule has 0 aliphatic heterocycles. The van der Waals surface area contributed by atoms with Crippen LogP contribution in [-0.2, 0) is 0 Å². The van der Waals surface area contributed by atoms with Gasteiger partial charge in [-0.25, -0.2) is 4.39 Å². The maximum absolute atomic E-state index is 13.5. The van der Waals surface area contributed by atoms with E-state index in [4.69, 9.17) is 5.73 Å². The van der Waals surface area contributed by atoms with Crippen LogP contribution in [0.15, 0.2) is 0 Å². The van der Waals surface area contributed by atoms with Crippen LogP contribution in [0, 0.1) is 11.8 Å². The van der Waals surface area contributed by atoms with E-state index in [0.717, 1.165) is 25.8 Å². The average molecular weight is 173 g/mol. The summed E-state index contributed by atoms with van der Waals surface area (Å²) < 4.78 is 13.5. The number of hydrogen-bond acceptors (Lipinski definition) is 1. The Morgan fingerprint density at radius 1 is 1.42 bits per heavy atom. The van der Waals surface area contributed by atoms with Gasteiger partial charge >= 0.3 is 0 Å². The molecule has 0 bridgehead atoms. The summed E-state index contributed by atoms with van der Waals surface area (Å²) in [7, 11) is 0. The van der Waals surface area contributed by atoms with E-state index in [9.17, 15) is 4.39 Å². The minimum absolute atomic E-state index is 0.272. The molecule has 0 saturated heterocycles. The van der Waals surface area contributed by atoms with Gasteiger partial charge in [0.2, 0.25) is 0 Å². The second kappa shape index (κ2) is 3.73. The van der Waals surface area contributed by atoms with E-state index in [1.807, 2.05) is 0 Å². The summed E-state index contributed by atoms with van der Waals surface area (Å²) in [6, 6.07) is 0. The number of rotatable bonds is 3. The van der Waals surface area contributed by atoms with Gasteiger partial charge in [0.05, 0.1) is 0 Å². The van der Waals surface area contributed by atoms with Gasteiger partial charge < -0.3 is 5.73 Å². The Balaban J connectivity index is 2.35. The van der Waals surface area contributed by atoms with Gasteiger partial charge in [0.15, 0.2) is 0 Å². The molecule has 0 aromatic rings. The minimum atomic E-state index is -0.983. The molecule has 0 heterocycles. The fourth-order valence-electron chi connectivity index (χ4n) is 2.20. The normalized spacial score (nSPS) is 31.0. The molecule has 0 aromatic carbocycles. The molecule has 12 heavy (non-hydrogen) atoms. The molecular formula is C10H20FN. The van der Waals surface area contributed by atoms with Crippen LogP contribution in [0.1, 0.15) is 39.5 Å². The van der Waals surface area contributed by atoms with Crippen molar-refractivity contribution < 1.29 is 4.39 Å². The molecule has 1 saturated carbocycles. The first-order valence-electron chi connectivity index (χ1n) is 4.93. The maximum atomic E-state index is 13.5. The zero-order valence-electron chi connectivity index (χ0n) is 8.15. The summed E-state index contributed by atoms with van der Waals surface area (Å²) in [4.78, 5) is 0. The van der Waals surface area contributed by atoms with Crippen molar-refractivity contribution in [3.05, 3.63) is 0 Å². The molecule has 0 spiro atoms. The van der Waals surface area contributed by atoms with Gasteiger partial charge in [0.1, 0.15) is 5.67 Å². The molecule has 2 heteroatoms. The van der Waals surface area contributed by atoms with E-state index in [2.05, 4.69) is 0 Å². The Bertz CT molecular complexity index is 139. The van der Waals surface area contributed by atoms with Crippen molar-refractivity contribution in [2.75, 3.05) is 6.54 Å². The van der Waals surface area contributed by atoms with Crippen LogP contribution in [0.5, 0.6) is 0 Å². The van der Waals surface area contributed by atoms with Crippen LogP contribution in [0.25, 0.3) is 0 Å². The molecule has 0 aromatic heterocycles. The summed E-state index contributed by atoms with van der Waals surface area (Å²) in [5, 5.41) is 0. The summed E-state index contributed by atoms with van der Waals surface area (Å²) >= 11 is 0. The fraction of sp³-hybridized carbons (Fsp3) is 1.00. The monoisotopic (exact) mass is 173 g/mol. The predicted molar refractivity (Wildman–Crippen MR) is 49.7 cm³/mol. The van der Waals surface area contributed by atoms with Gasteiger partial charge in [-0.05, 0) is 51.5 Å². The van der Waals surface area contributed by atoms with Crippen molar-refractivity contribution in [2.45, 2.75) is 45.2 Å². The molecule has 0 amide bonds. The van der Waals surface area contributed by atoms with Crippen molar-refractivity contribution in [1.29, 1.82) is 0 Å². The Morgan fingerprint density at radius 2 is 2.08 bits per heavy atom. The van der Waals surface area contributed by atoms with E-state index in [-0.39, 0.29) is 5.92 Å². The van der Waals surface area contributed by atoms with Crippen LogP contribution >= 0.6 is 0 Å². The third-order valence-corrected chi connectivity index (χ3v) is 3.09. The predicted octanol–water partition coefficient (Wildman–Crippen LogP) is 2.50. The smallest absolute Gasteiger partial charge is 0.108 e. The quantitative estimate of drug-likeness (QED) is 0.697. The lowest BCUT2D eigenvalue weighted by molar-refractivity contribution is 0.125. The highest BCUT2D eigenvalue weighted by molar-refractivity contribution is 4.86. The molecular weight excluding hydrogens is 153 g/mol. The number of alkyl halides is 1. The zero-order valence-corrected chi connectivity index (χ0v) is 8.15. The van der Waals surface area contributed by atoms with Crippen LogP contribution in [-0.4, -0.2) is 12.2 Å². The van der Waals surface area contributed by atoms with Crippen molar-refractivity contribution in [3.63, 3.8) is 0 Å². The van der Waals surface area contributed by atoms with E-state index in [0.29, 0.717) is 5.92 Å². The van der Waals surface area contributed by atoms with Gasteiger partial charge in [-0.2, -0.15) is 0 Å². The highest BCUT2D eigenvalue weighted by Gasteiger charge is 2.35. The van der Waals surface area contributed by atoms with Gasteiger partial charge in [0.25, 0.3) is 0 Å². The first-order valence-corrected chi connectivity index (χ1v) is 4.93. The van der Waals surface area contributed by atoms with Gasteiger partial charge in [-0.15, -0.1) is 0 Å².